The van der Waals surface area contributed by atoms with Crippen molar-refractivity contribution in [3.05, 3.63) is 33.8 Å². The summed E-state index contributed by atoms with van der Waals surface area (Å²) in [6.07, 6.45) is 1.67. The molecule has 0 aromatic heterocycles. The molecule has 2 nitrogen and oxygen atoms in total. The van der Waals surface area contributed by atoms with Crippen molar-refractivity contribution in [1.29, 1.82) is 0 Å². The van der Waals surface area contributed by atoms with Gasteiger partial charge in [0.2, 0.25) is 5.91 Å². The van der Waals surface area contributed by atoms with E-state index in [2.05, 4.69) is 17.9 Å². The molecule has 0 radical (unpaired) electrons. The molecule has 16 heavy (non-hydrogen) atoms. The Balaban J connectivity index is 2.35. The summed E-state index contributed by atoms with van der Waals surface area (Å²) in [5.41, 5.74) is 1.05. The Bertz CT molecular complexity index is 371. The first-order valence-corrected chi connectivity index (χ1v) is 6.34. The molecule has 0 spiro atoms. The first-order valence-electron chi connectivity index (χ1n) is 4.95. The molecule has 0 atom stereocenters. The molecule has 1 amide bonds. The van der Waals surface area contributed by atoms with Crippen LogP contribution in [0.25, 0.3) is 0 Å². The fourth-order valence-corrected chi connectivity index (χ4v) is 1.90. The molecule has 0 unspecified atom stereocenters. The van der Waals surface area contributed by atoms with E-state index >= 15 is 0 Å². The van der Waals surface area contributed by atoms with Crippen molar-refractivity contribution in [3.63, 3.8) is 0 Å². The van der Waals surface area contributed by atoms with Crippen LogP contribution in [0.1, 0.15) is 12.0 Å². The highest BCUT2D eigenvalue weighted by atomic mass is 35.5. The van der Waals surface area contributed by atoms with E-state index < -0.39 is 0 Å². The maximum absolute atomic E-state index is 10.9. The van der Waals surface area contributed by atoms with Crippen LogP contribution in [0.5, 0.6) is 0 Å². The minimum Gasteiger partial charge on any atom is -0.355 e. The molecule has 0 bridgehead atoms. The lowest BCUT2D eigenvalue weighted by Crippen LogP contribution is -2.25. The van der Waals surface area contributed by atoms with Crippen molar-refractivity contribution in [2.24, 2.45) is 0 Å². The van der Waals surface area contributed by atoms with Gasteiger partial charge in [0.15, 0.2) is 0 Å². The maximum atomic E-state index is 10.9. The standard InChI is InChI=1S/C11H13Cl2NOS/c12-9-4-3-8(10(13)6-9)2-1-5-14-11(15)7-16/h3-4,6,16H,1-2,5,7H2,(H,14,15). The SMILES string of the molecule is O=C(CS)NCCCc1ccc(Cl)cc1Cl. The molecule has 0 saturated heterocycles. The molecule has 0 aliphatic heterocycles. The zero-order valence-electron chi connectivity index (χ0n) is 8.67. The van der Waals surface area contributed by atoms with Gasteiger partial charge in [-0.3, -0.25) is 4.79 Å². The summed E-state index contributed by atoms with van der Waals surface area (Å²) in [6, 6.07) is 5.45. The van der Waals surface area contributed by atoms with Gasteiger partial charge in [-0.15, -0.1) is 0 Å². The highest BCUT2D eigenvalue weighted by molar-refractivity contribution is 7.81. The number of carbonyl (C=O) groups excluding carboxylic acids is 1. The molecule has 0 aliphatic rings. The Morgan fingerprint density at radius 2 is 2.12 bits per heavy atom. The second kappa shape index (κ2) is 7.05. The van der Waals surface area contributed by atoms with Crippen molar-refractivity contribution >= 4 is 41.7 Å². The molecular weight excluding hydrogens is 265 g/mol. The lowest BCUT2D eigenvalue weighted by molar-refractivity contribution is -0.118. The van der Waals surface area contributed by atoms with E-state index in [9.17, 15) is 4.79 Å². The summed E-state index contributed by atoms with van der Waals surface area (Å²) in [5, 5.41) is 4.06. The van der Waals surface area contributed by atoms with Crippen LogP contribution in [-0.2, 0) is 11.2 Å². The van der Waals surface area contributed by atoms with Gasteiger partial charge in [0, 0.05) is 16.6 Å². The number of amides is 1. The molecule has 1 rings (SSSR count). The smallest absolute Gasteiger partial charge is 0.229 e. The highest BCUT2D eigenvalue weighted by Crippen LogP contribution is 2.21. The summed E-state index contributed by atoms with van der Waals surface area (Å²) in [4.78, 5) is 10.9. The number of halogens is 2. The van der Waals surface area contributed by atoms with E-state index in [0.717, 1.165) is 18.4 Å². The Labute approximate surface area is 111 Å². The van der Waals surface area contributed by atoms with Crippen LogP contribution in [0.3, 0.4) is 0 Å². The quantitative estimate of drug-likeness (QED) is 0.629. The van der Waals surface area contributed by atoms with E-state index in [1.807, 2.05) is 12.1 Å². The molecule has 0 fully saturated rings. The van der Waals surface area contributed by atoms with Crippen LogP contribution in [0.15, 0.2) is 18.2 Å². The summed E-state index contributed by atoms with van der Waals surface area (Å²) in [6.45, 7) is 0.637. The fraction of sp³-hybridized carbons (Fsp3) is 0.364. The van der Waals surface area contributed by atoms with Gasteiger partial charge in [-0.1, -0.05) is 29.3 Å². The van der Waals surface area contributed by atoms with Crippen molar-refractivity contribution in [3.8, 4) is 0 Å². The molecule has 1 aromatic rings. The van der Waals surface area contributed by atoms with E-state index in [1.54, 1.807) is 6.07 Å². The summed E-state index contributed by atoms with van der Waals surface area (Å²) >= 11 is 15.7. The molecule has 88 valence electrons. The van der Waals surface area contributed by atoms with Crippen molar-refractivity contribution < 1.29 is 4.79 Å². The number of carbonyl (C=O) groups is 1. The molecule has 1 N–H and O–H groups in total. The third kappa shape index (κ3) is 4.64. The Morgan fingerprint density at radius 3 is 2.75 bits per heavy atom. The molecule has 0 aliphatic carbocycles. The van der Waals surface area contributed by atoms with Crippen LogP contribution in [0.2, 0.25) is 10.0 Å². The van der Waals surface area contributed by atoms with Gasteiger partial charge in [0.05, 0.1) is 5.75 Å². The third-order valence-electron chi connectivity index (χ3n) is 2.10. The minimum absolute atomic E-state index is 0.0504. The van der Waals surface area contributed by atoms with E-state index in [4.69, 9.17) is 23.2 Å². The summed E-state index contributed by atoms with van der Waals surface area (Å²) in [5.74, 6) is 0.173. The Morgan fingerprint density at radius 1 is 1.38 bits per heavy atom. The minimum atomic E-state index is -0.0504. The van der Waals surface area contributed by atoms with Gasteiger partial charge in [-0.25, -0.2) is 0 Å². The summed E-state index contributed by atoms with van der Waals surface area (Å²) < 4.78 is 0. The molecular formula is C11H13Cl2NOS. The van der Waals surface area contributed by atoms with Crippen LogP contribution < -0.4 is 5.32 Å². The predicted molar refractivity (Wildman–Crippen MR) is 71.6 cm³/mol. The van der Waals surface area contributed by atoms with Gasteiger partial charge in [-0.05, 0) is 30.5 Å². The van der Waals surface area contributed by atoms with E-state index in [1.165, 1.54) is 0 Å². The maximum Gasteiger partial charge on any atom is 0.229 e. The molecule has 1 aromatic carbocycles. The molecule has 0 heterocycles. The zero-order valence-corrected chi connectivity index (χ0v) is 11.1. The number of hydrogen-bond acceptors (Lipinski definition) is 2. The first-order chi connectivity index (χ1) is 7.63. The van der Waals surface area contributed by atoms with Crippen LogP contribution in [0, 0.1) is 0 Å². The number of nitrogens with one attached hydrogen (secondary N) is 1. The number of thiol groups is 1. The first kappa shape index (κ1) is 13.7. The lowest BCUT2D eigenvalue weighted by atomic mass is 10.1. The normalized spacial score (nSPS) is 10.2. The second-order valence-electron chi connectivity index (χ2n) is 3.35. The van der Waals surface area contributed by atoms with Crippen molar-refractivity contribution in [1.82, 2.24) is 5.32 Å². The van der Waals surface area contributed by atoms with E-state index in [0.29, 0.717) is 16.6 Å². The fourth-order valence-electron chi connectivity index (χ4n) is 1.29. The Hall–Kier alpha value is -0.380. The third-order valence-corrected chi connectivity index (χ3v) is 2.98. The van der Waals surface area contributed by atoms with Gasteiger partial charge in [0.25, 0.3) is 0 Å². The van der Waals surface area contributed by atoms with Crippen LogP contribution in [0.4, 0.5) is 0 Å². The van der Waals surface area contributed by atoms with Crippen LogP contribution >= 0.6 is 35.8 Å². The topological polar surface area (TPSA) is 29.1 Å². The van der Waals surface area contributed by atoms with Gasteiger partial charge in [0.1, 0.15) is 0 Å². The molecule has 0 saturated carbocycles. The van der Waals surface area contributed by atoms with Crippen molar-refractivity contribution in [2.75, 3.05) is 12.3 Å². The zero-order chi connectivity index (χ0) is 12.0. The molecule has 5 heteroatoms. The number of aryl methyl sites for hydroxylation is 1. The van der Waals surface area contributed by atoms with Gasteiger partial charge >= 0.3 is 0 Å². The average molecular weight is 278 g/mol. The van der Waals surface area contributed by atoms with E-state index in [-0.39, 0.29) is 11.7 Å². The largest absolute Gasteiger partial charge is 0.355 e. The lowest BCUT2D eigenvalue weighted by Gasteiger charge is -2.05. The summed E-state index contributed by atoms with van der Waals surface area (Å²) in [7, 11) is 0. The second-order valence-corrected chi connectivity index (χ2v) is 4.51. The van der Waals surface area contributed by atoms with Gasteiger partial charge < -0.3 is 5.32 Å². The number of rotatable bonds is 5. The van der Waals surface area contributed by atoms with Crippen LogP contribution in [-0.4, -0.2) is 18.2 Å². The van der Waals surface area contributed by atoms with Gasteiger partial charge in [-0.2, -0.15) is 12.6 Å². The predicted octanol–water partition coefficient (Wildman–Crippen LogP) is 2.97. The number of benzene rings is 1. The number of hydrogen-bond donors (Lipinski definition) is 2. The van der Waals surface area contributed by atoms with Crippen molar-refractivity contribution in [2.45, 2.75) is 12.8 Å². The Kier molecular flexibility index (Phi) is 6.03. The average Bonchev–Trinajstić information content (AvgIpc) is 2.26. The highest BCUT2D eigenvalue weighted by Gasteiger charge is 2.01. The monoisotopic (exact) mass is 277 g/mol.